The quantitative estimate of drug-likeness (QED) is 0.0830. The zero-order valence-electron chi connectivity index (χ0n) is 36.4. The Hall–Kier alpha value is -5.71. The average molecular weight is 840 g/mol. The molecule has 17 nitrogen and oxygen atoms in total. The van der Waals surface area contributed by atoms with Crippen LogP contribution in [0.4, 0.5) is 9.59 Å². The number of hydrogen-bond donors (Lipinski definition) is 8. The standard InChI is InChI=1S/C43H65N7O10/c1-10-11-12-27-13-15-28(16-14-27)29-17-19-30(20-18-29)35(51)47-31(21-23-45-40(57)59-42(4,5)6)36(52)48-32(22-24-46-41(58)60-43(7,8)9)37(53)50-34(44)38(54)49-33(39(55)56)25-26(2)3/h13-20,26,31-34H,10-12,21-25,44H2,1-9H3,(H,45,57)(H,46,58)(H,47,51)(H,48,52)(H,49,54)(H,50,53)(H,55,56)/t31-,32-,33-,34+/m0/s1. The first-order valence-corrected chi connectivity index (χ1v) is 20.3. The number of unbranched alkanes of at least 4 members (excludes halogenated alkanes) is 1. The highest BCUT2D eigenvalue weighted by Crippen LogP contribution is 2.21. The van der Waals surface area contributed by atoms with Crippen LogP contribution in [0.3, 0.4) is 0 Å². The van der Waals surface area contributed by atoms with Crippen LogP contribution in [0.5, 0.6) is 0 Å². The number of ether oxygens (including phenoxy) is 2. The monoisotopic (exact) mass is 839 g/mol. The molecule has 0 aliphatic heterocycles. The minimum absolute atomic E-state index is 0.0838. The van der Waals surface area contributed by atoms with E-state index in [2.05, 4.69) is 51.0 Å². The first-order chi connectivity index (χ1) is 28.0. The summed E-state index contributed by atoms with van der Waals surface area (Å²) >= 11 is 0. The molecule has 0 radical (unpaired) electrons. The van der Waals surface area contributed by atoms with E-state index in [9.17, 15) is 38.7 Å². The number of carbonyl (C=O) groups is 7. The van der Waals surface area contributed by atoms with E-state index in [-0.39, 0.29) is 43.8 Å². The summed E-state index contributed by atoms with van der Waals surface area (Å²) in [6.07, 6.45) is -0.343. The number of benzene rings is 2. The molecular formula is C43H65N7O10. The summed E-state index contributed by atoms with van der Waals surface area (Å²) in [6, 6.07) is 11.0. The number of carboxylic acid groups (broad SMARTS) is 1. The van der Waals surface area contributed by atoms with Crippen LogP contribution < -0.4 is 37.6 Å². The number of alkyl carbamates (subject to hydrolysis) is 2. The normalized spacial score (nSPS) is 13.4. The molecular weight excluding hydrogens is 775 g/mol. The van der Waals surface area contributed by atoms with Gasteiger partial charge in [0.2, 0.25) is 11.8 Å². The Bertz CT molecular complexity index is 1750. The number of carbonyl (C=O) groups excluding carboxylic acids is 6. The fourth-order valence-corrected chi connectivity index (χ4v) is 5.65. The summed E-state index contributed by atoms with van der Waals surface area (Å²) in [7, 11) is 0. The molecule has 0 saturated heterocycles. The lowest BCUT2D eigenvalue weighted by molar-refractivity contribution is -0.142. The second kappa shape index (κ2) is 23.8. The lowest BCUT2D eigenvalue weighted by atomic mass is 10.0. The molecule has 9 N–H and O–H groups in total. The number of hydrogen-bond acceptors (Lipinski definition) is 10. The summed E-state index contributed by atoms with van der Waals surface area (Å²) in [6.45, 7) is 15.4. The first kappa shape index (κ1) is 50.4. The van der Waals surface area contributed by atoms with Gasteiger partial charge in [0, 0.05) is 18.7 Å². The fraction of sp³-hybridized carbons (Fsp3) is 0.558. The van der Waals surface area contributed by atoms with Crippen LogP contribution in [0.1, 0.15) is 110 Å². The highest BCUT2D eigenvalue weighted by Gasteiger charge is 2.31. The predicted molar refractivity (Wildman–Crippen MR) is 227 cm³/mol. The lowest BCUT2D eigenvalue weighted by Gasteiger charge is -2.26. The summed E-state index contributed by atoms with van der Waals surface area (Å²) < 4.78 is 10.5. The maximum Gasteiger partial charge on any atom is 0.407 e. The summed E-state index contributed by atoms with van der Waals surface area (Å²) in [5, 5.41) is 24.5. The number of nitrogens with one attached hydrogen (secondary N) is 6. The molecule has 4 atom stereocenters. The minimum Gasteiger partial charge on any atom is -0.480 e. The molecule has 60 heavy (non-hydrogen) atoms. The van der Waals surface area contributed by atoms with Crippen molar-refractivity contribution in [1.82, 2.24) is 31.9 Å². The molecule has 0 aliphatic rings. The Morgan fingerprint density at radius 2 is 1.10 bits per heavy atom. The molecule has 0 spiro atoms. The van der Waals surface area contributed by atoms with E-state index in [1.54, 1.807) is 79.7 Å². The van der Waals surface area contributed by atoms with Crippen LogP contribution in [-0.4, -0.2) is 95.5 Å². The summed E-state index contributed by atoms with van der Waals surface area (Å²) in [5.74, 6) is -4.76. The van der Waals surface area contributed by atoms with E-state index in [4.69, 9.17) is 15.2 Å². The second-order valence-corrected chi connectivity index (χ2v) is 16.9. The molecule has 17 heteroatoms. The van der Waals surface area contributed by atoms with Crippen LogP contribution >= 0.6 is 0 Å². The van der Waals surface area contributed by atoms with Crippen LogP contribution in [-0.2, 0) is 35.1 Å². The minimum atomic E-state index is -1.72. The largest absolute Gasteiger partial charge is 0.480 e. The second-order valence-electron chi connectivity index (χ2n) is 16.9. The van der Waals surface area contributed by atoms with Crippen LogP contribution in [0.2, 0.25) is 0 Å². The Kier molecular flexibility index (Phi) is 20.0. The molecule has 0 saturated carbocycles. The Balaban J connectivity index is 2.33. The number of rotatable bonds is 21. The van der Waals surface area contributed by atoms with Crippen molar-refractivity contribution in [2.75, 3.05) is 13.1 Å². The van der Waals surface area contributed by atoms with Crippen LogP contribution in [0.15, 0.2) is 48.5 Å². The smallest absolute Gasteiger partial charge is 0.407 e. The Morgan fingerprint density at radius 3 is 1.55 bits per heavy atom. The number of amides is 6. The van der Waals surface area contributed by atoms with Crippen molar-refractivity contribution < 1.29 is 48.1 Å². The van der Waals surface area contributed by atoms with E-state index in [0.29, 0.717) is 0 Å². The topological polar surface area (TPSA) is 256 Å². The third kappa shape index (κ3) is 19.4. The van der Waals surface area contributed by atoms with Gasteiger partial charge in [-0.3, -0.25) is 19.2 Å². The zero-order chi connectivity index (χ0) is 45.2. The number of aliphatic carboxylic acids is 1. The van der Waals surface area contributed by atoms with Crippen molar-refractivity contribution in [1.29, 1.82) is 0 Å². The summed E-state index contributed by atoms with van der Waals surface area (Å²) in [5.41, 5.74) is 7.66. The van der Waals surface area contributed by atoms with Gasteiger partial charge in [0.25, 0.3) is 11.8 Å². The number of aryl methyl sites for hydroxylation is 1. The van der Waals surface area contributed by atoms with Gasteiger partial charge in [0.05, 0.1) is 0 Å². The molecule has 0 aliphatic carbocycles. The molecule has 332 valence electrons. The molecule has 2 aromatic rings. The van der Waals surface area contributed by atoms with Gasteiger partial charge >= 0.3 is 18.2 Å². The zero-order valence-corrected chi connectivity index (χ0v) is 36.4. The van der Waals surface area contributed by atoms with E-state index in [1.165, 1.54) is 5.56 Å². The maximum absolute atomic E-state index is 14.0. The van der Waals surface area contributed by atoms with Crippen LogP contribution in [0.25, 0.3) is 11.1 Å². The SMILES string of the molecule is CCCCc1ccc(-c2ccc(C(=O)N[C@@H](CCNC(=O)OC(C)(C)C)C(=O)N[C@@H](CCNC(=O)OC(C)(C)C)C(=O)N[C@@H](N)C(=O)N[C@@H](CC(C)C)C(=O)O)cc2)cc1. The molecule has 6 amide bonds. The van der Waals surface area contributed by atoms with Crippen molar-refractivity contribution in [3.05, 3.63) is 59.7 Å². The highest BCUT2D eigenvalue weighted by atomic mass is 16.6. The number of nitrogens with two attached hydrogens (primary N) is 1. The van der Waals surface area contributed by atoms with Crippen molar-refractivity contribution >= 4 is 41.8 Å². The molecule has 0 unspecified atom stereocenters. The van der Waals surface area contributed by atoms with Crippen LogP contribution in [0, 0.1) is 5.92 Å². The molecule has 2 rings (SSSR count). The molecule has 0 aromatic heterocycles. The van der Waals surface area contributed by atoms with Crippen molar-refractivity contribution in [3.63, 3.8) is 0 Å². The van der Waals surface area contributed by atoms with Gasteiger partial charge in [0.1, 0.15) is 29.3 Å². The molecule has 0 bridgehead atoms. The molecule has 2 aromatic carbocycles. The Morgan fingerprint density at radius 1 is 0.650 bits per heavy atom. The predicted octanol–water partition coefficient (Wildman–Crippen LogP) is 4.13. The van der Waals surface area contributed by atoms with E-state index >= 15 is 0 Å². The summed E-state index contributed by atoms with van der Waals surface area (Å²) in [4.78, 5) is 90.5. The first-order valence-electron chi connectivity index (χ1n) is 20.3. The third-order valence-corrected chi connectivity index (χ3v) is 8.61. The number of carboxylic acids is 1. The van der Waals surface area contributed by atoms with E-state index in [0.717, 1.165) is 30.4 Å². The van der Waals surface area contributed by atoms with Gasteiger partial charge in [-0.1, -0.05) is 63.6 Å². The third-order valence-electron chi connectivity index (χ3n) is 8.61. The average Bonchev–Trinajstić information content (AvgIpc) is 3.14. The lowest BCUT2D eigenvalue weighted by Crippen LogP contribution is -2.60. The van der Waals surface area contributed by atoms with Crippen molar-refractivity contribution in [2.45, 2.75) is 136 Å². The fourth-order valence-electron chi connectivity index (χ4n) is 5.65. The van der Waals surface area contributed by atoms with Gasteiger partial charge in [-0.15, -0.1) is 0 Å². The van der Waals surface area contributed by atoms with Crippen molar-refractivity contribution in [3.8, 4) is 11.1 Å². The molecule has 0 heterocycles. The van der Waals surface area contributed by atoms with Gasteiger partial charge < -0.3 is 52.2 Å². The van der Waals surface area contributed by atoms with Gasteiger partial charge in [-0.25, -0.2) is 14.4 Å². The Labute approximate surface area is 353 Å². The van der Waals surface area contributed by atoms with Gasteiger partial charge in [0.15, 0.2) is 6.17 Å². The maximum atomic E-state index is 14.0. The molecule has 0 fully saturated rings. The highest BCUT2D eigenvalue weighted by molar-refractivity contribution is 5.99. The van der Waals surface area contributed by atoms with E-state index < -0.39 is 77.3 Å². The van der Waals surface area contributed by atoms with Crippen molar-refractivity contribution in [2.24, 2.45) is 11.7 Å². The van der Waals surface area contributed by atoms with Gasteiger partial charge in [-0.2, -0.15) is 0 Å². The van der Waals surface area contributed by atoms with Gasteiger partial charge in [-0.05, 0) is 108 Å². The van der Waals surface area contributed by atoms with E-state index in [1.807, 2.05) is 12.1 Å².